The monoisotopic (exact) mass is 876 g/mol. The molecule has 6 aromatic carbocycles. The minimum atomic E-state index is -0.00219. The molecule has 0 bridgehead atoms. The third kappa shape index (κ3) is 8.18. The molecule has 0 aliphatic carbocycles. The molecule has 0 fully saturated rings. The summed E-state index contributed by atoms with van der Waals surface area (Å²) in [5, 5.41) is 0. The van der Waals surface area contributed by atoms with E-state index in [1.807, 2.05) is 34.0 Å². The average Bonchev–Trinajstić information content (AvgIpc) is 3.91. The summed E-state index contributed by atoms with van der Waals surface area (Å²) in [5.74, 6) is 0. The van der Waals surface area contributed by atoms with Gasteiger partial charge in [-0.05, 0) is 89.4 Å². The topological polar surface area (TPSA) is 0 Å². The van der Waals surface area contributed by atoms with E-state index in [2.05, 4.69) is 229 Å². The quantitative estimate of drug-likeness (QED) is 0.156. The molecule has 318 valence electrons. The lowest BCUT2D eigenvalue weighted by molar-refractivity contribution is 0.590. The molecule has 0 atom stereocenters. The molecule has 0 amide bonds. The predicted molar refractivity (Wildman–Crippen MR) is 283 cm³/mol. The van der Waals surface area contributed by atoms with E-state index in [1.54, 1.807) is 0 Å². The van der Waals surface area contributed by atoms with Crippen molar-refractivity contribution in [2.24, 2.45) is 0 Å². The molecule has 0 saturated carbocycles. The van der Waals surface area contributed by atoms with Gasteiger partial charge in [0.1, 0.15) is 0 Å². The SMILES string of the molecule is CC(C)(C)c1ccc(-c2ccc(C(C)(C)C)cc2-c2sc3c(sc4c(-c5ccccc5)c(-c5cc(C(C)(C)C)ccc5-c5ccc(C(C)(C)C)cc5)sc43)c2-c2ccccc2)cc1. The van der Waals surface area contributed by atoms with Crippen LogP contribution in [0.4, 0.5) is 0 Å². The van der Waals surface area contributed by atoms with E-state index >= 15 is 0 Å². The second kappa shape index (κ2) is 15.9. The molecule has 0 N–H and O–H groups in total. The number of fused-ring (bicyclic) bond motifs is 3. The fourth-order valence-electron chi connectivity index (χ4n) is 8.74. The van der Waals surface area contributed by atoms with Crippen molar-refractivity contribution in [2.75, 3.05) is 0 Å². The molecule has 0 nitrogen and oxygen atoms in total. The summed E-state index contributed by atoms with van der Waals surface area (Å²) >= 11 is 5.97. The van der Waals surface area contributed by atoms with Crippen LogP contribution in [0.3, 0.4) is 0 Å². The Balaban J connectivity index is 1.35. The van der Waals surface area contributed by atoms with Gasteiger partial charge in [0, 0.05) is 32.0 Å². The van der Waals surface area contributed by atoms with Gasteiger partial charge in [0.15, 0.2) is 0 Å². The van der Waals surface area contributed by atoms with Gasteiger partial charge in [-0.2, -0.15) is 0 Å². The van der Waals surface area contributed by atoms with Crippen molar-refractivity contribution in [1.82, 2.24) is 0 Å². The van der Waals surface area contributed by atoms with Crippen LogP contribution < -0.4 is 0 Å². The Hall–Kier alpha value is -5.06. The van der Waals surface area contributed by atoms with Crippen LogP contribution in [0.15, 0.2) is 146 Å². The van der Waals surface area contributed by atoms with E-state index < -0.39 is 0 Å². The van der Waals surface area contributed by atoms with Crippen molar-refractivity contribution in [3.8, 4) is 65.4 Å². The van der Waals surface area contributed by atoms with Crippen molar-refractivity contribution in [2.45, 2.75) is 105 Å². The van der Waals surface area contributed by atoms with Gasteiger partial charge in [-0.15, -0.1) is 34.0 Å². The highest BCUT2D eigenvalue weighted by molar-refractivity contribution is 7.41. The second-order valence-electron chi connectivity index (χ2n) is 21.4. The Kier molecular flexibility index (Phi) is 10.9. The number of benzene rings is 6. The molecule has 0 radical (unpaired) electrons. The van der Waals surface area contributed by atoms with Gasteiger partial charge in [-0.3, -0.25) is 0 Å². The zero-order valence-corrected chi connectivity index (χ0v) is 41.5. The third-order valence-corrected chi connectivity index (χ3v) is 16.7. The molecule has 3 heteroatoms. The average molecular weight is 877 g/mol. The first-order valence-corrected chi connectivity index (χ1v) is 24.9. The van der Waals surface area contributed by atoms with Gasteiger partial charge in [0.2, 0.25) is 0 Å². The van der Waals surface area contributed by atoms with Crippen LogP contribution in [0, 0.1) is 0 Å². The van der Waals surface area contributed by atoms with Crippen molar-refractivity contribution < 1.29 is 0 Å². The molecule has 0 spiro atoms. The maximum Gasteiger partial charge on any atom is 0.0642 e. The largest absolute Gasteiger partial charge is 0.132 e. The fourth-order valence-corrected chi connectivity index (χ4v) is 13.4. The molecular formula is C60H60S3. The van der Waals surface area contributed by atoms with Crippen molar-refractivity contribution in [3.63, 3.8) is 0 Å². The summed E-state index contributed by atoms with van der Waals surface area (Å²) in [6.45, 7) is 27.8. The van der Waals surface area contributed by atoms with Crippen LogP contribution in [-0.4, -0.2) is 0 Å². The van der Waals surface area contributed by atoms with Crippen LogP contribution in [-0.2, 0) is 21.7 Å². The van der Waals surface area contributed by atoms with Crippen molar-refractivity contribution in [3.05, 3.63) is 168 Å². The lowest BCUT2D eigenvalue weighted by Gasteiger charge is -2.23. The second-order valence-corrected chi connectivity index (χ2v) is 24.5. The maximum absolute atomic E-state index is 2.50. The van der Waals surface area contributed by atoms with E-state index in [-0.39, 0.29) is 21.7 Å². The smallest absolute Gasteiger partial charge is 0.0642 e. The minimum absolute atomic E-state index is 0.00219. The highest BCUT2D eigenvalue weighted by Crippen LogP contribution is 2.59. The molecule has 0 aliphatic heterocycles. The van der Waals surface area contributed by atoms with Gasteiger partial charge in [0.25, 0.3) is 0 Å². The summed E-state index contributed by atoms with van der Waals surface area (Å²) in [6.07, 6.45) is 0. The molecule has 0 saturated heterocycles. The Morgan fingerprint density at radius 1 is 0.270 bits per heavy atom. The van der Waals surface area contributed by atoms with Crippen LogP contribution >= 0.6 is 34.0 Å². The zero-order chi connectivity index (χ0) is 44.6. The minimum Gasteiger partial charge on any atom is -0.132 e. The van der Waals surface area contributed by atoms with Crippen molar-refractivity contribution in [1.29, 1.82) is 0 Å². The van der Waals surface area contributed by atoms with E-state index in [0.717, 1.165) is 0 Å². The van der Waals surface area contributed by atoms with Crippen LogP contribution in [0.1, 0.15) is 105 Å². The Morgan fingerprint density at radius 3 is 0.905 bits per heavy atom. The normalized spacial score (nSPS) is 12.8. The van der Waals surface area contributed by atoms with Gasteiger partial charge in [-0.25, -0.2) is 0 Å². The van der Waals surface area contributed by atoms with E-state index in [4.69, 9.17) is 0 Å². The van der Waals surface area contributed by atoms with Crippen molar-refractivity contribution >= 4 is 52.8 Å². The van der Waals surface area contributed by atoms with Gasteiger partial charge >= 0.3 is 0 Å². The van der Waals surface area contributed by atoms with Gasteiger partial charge in [-0.1, -0.05) is 217 Å². The summed E-state index contributed by atoms with van der Waals surface area (Å²) in [6, 6.07) is 55.4. The van der Waals surface area contributed by atoms with Gasteiger partial charge < -0.3 is 0 Å². The summed E-state index contributed by atoms with van der Waals surface area (Å²) in [7, 11) is 0. The lowest BCUT2D eigenvalue weighted by atomic mass is 9.82. The highest BCUT2D eigenvalue weighted by atomic mass is 32.1. The molecule has 3 heterocycles. The maximum atomic E-state index is 2.50. The molecule has 0 aliphatic rings. The Labute approximate surface area is 388 Å². The number of hydrogen-bond acceptors (Lipinski definition) is 3. The first-order valence-electron chi connectivity index (χ1n) is 22.4. The van der Waals surface area contributed by atoms with Crippen LogP contribution in [0.25, 0.3) is 84.2 Å². The highest BCUT2D eigenvalue weighted by Gasteiger charge is 2.29. The number of hydrogen-bond donors (Lipinski definition) is 0. The molecule has 3 aromatic heterocycles. The Bertz CT molecular complexity index is 2870. The summed E-state index contributed by atoms with van der Waals surface area (Å²) in [5.41, 5.74) is 18.5. The van der Waals surface area contributed by atoms with Crippen LogP contribution in [0.2, 0.25) is 0 Å². The first-order chi connectivity index (χ1) is 29.8. The zero-order valence-electron chi connectivity index (χ0n) is 39.1. The molecular weight excluding hydrogens is 817 g/mol. The third-order valence-electron chi connectivity index (χ3n) is 12.6. The first kappa shape index (κ1) is 43.2. The van der Waals surface area contributed by atoms with E-state index in [1.165, 1.54) is 106 Å². The number of thiophene rings is 3. The Morgan fingerprint density at radius 2 is 0.587 bits per heavy atom. The predicted octanol–water partition coefficient (Wildman–Crippen LogP) is 19.4. The summed E-state index contributed by atoms with van der Waals surface area (Å²) < 4.78 is 5.52. The molecule has 63 heavy (non-hydrogen) atoms. The van der Waals surface area contributed by atoms with Gasteiger partial charge in [0.05, 0.1) is 18.8 Å². The molecule has 9 rings (SSSR count). The van der Waals surface area contributed by atoms with E-state index in [0.29, 0.717) is 0 Å². The van der Waals surface area contributed by atoms with Crippen LogP contribution in [0.5, 0.6) is 0 Å². The number of rotatable bonds is 6. The summed E-state index contributed by atoms with van der Waals surface area (Å²) in [4.78, 5) is 2.69. The van der Waals surface area contributed by atoms with E-state index in [9.17, 15) is 0 Å². The molecule has 0 unspecified atom stereocenters. The lowest BCUT2D eigenvalue weighted by Crippen LogP contribution is -2.11. The fraction of sp³-hybridized carbons (Fsp3) is 0.267. The standard InChI is InChI=1S/C60H60S3/c1-57(2,3)41-27-23-37(24-28-41)45-33-31-43(59(7,8)9)35-47(45)51-49(39-19-15-13-16-20-39)53-55(61-51)56-54(63-53)50(40-21-17-14-18-22-40)52(62-56)48-36-44(60(10,11)12)32-34-46(48)38-25-29-42(30-26-38)58(4,5)6/h13-36H,1-12H3. The molecule has 9 aromatic rings.